The molecule has 7 heteroatoms. The molecule has 0 aliphatic carbocycles. The van der Waals surface area contributed by atoms with Gasteiger partial charge in [0, 0.05) is 20.0 Å². The average molecular weight is 431 g/mol. The number of hydrogen-bond acceptors (Lipinski definition) is 3. The highest BCUT2D eigenvalue weighted by Gasteiger charge is 2.29. The van der Waals surface area contributed by atoms with Crippen LogP contribution in [0.5, 0.6) is 11.5 Å². The lowest BCUT2D eigenvalue weighted by atomic mass is 10.0. The zero-order chi connectivity index (χ0) is 22.4. The summed E-state index contributed by atoms with van der Waals surface area (Å²) in [5.74, 6) is 0.200. The second-order valence-corrected chi connectivity index (χ2v) is 7.28. The molecule has 0 spiro atoms. The van der Waals surface area contributed by atoms with E-state index >= 15 is 0 Å². The second kappa shape index (κ2) is 9.73. The van der Waals surface area contributed by atoms with Gasteiger partial charge in [0.15, 0.2) is 18.1 Å². The number of rotatable bonds is 8. The molecule has 3 rings (SSSR count). The van der Waals surface area contributed by atoms with Crippen LogP contribution in [0.15, 0.2) is 60.7 Å². The summed E-state index contributed by atoms with van der Waals surface area (Å²) in [6, 6.07) is 18.7. The summed E-state index contributed by atoms with van der Waals surface area (Å²) in [5.41, 5.74) is 1.85. The summed E-state index contributed by atoms with van der Waals surface area (Å²) in [6.07, 6.45) is -3.72. The number of nitrogens with zero attached hydrogens (tertiary/aromatic N) is 1. The van der Waals surface area contributed by atoms with Crippen LogP contribution < -0.4 is 9.47 Å². The molecule has 3 aromatic rings. The molecule has 0 saturated heterocycles. The van der Waals surface area contributed by atoms with Gasteiger partial charge >= 0.3 is 6.18 Å². The molecule has 0 aliphatic rings. The van der Waals surface area contributed by atoms with Crippen molar-refractivity contribution in [3.63, 3.8) is 0 Å². The molecule has 0 N–H and O–H groups in total. The molecule has 0 saturated carbocycles. The number of methoxy groups -OCH3 is 1. The first-order valence-electron chi connectivity index (χ1n) is 9.84. The van der Waals surface area contributed by atoms with E-state index in [4.69, 9.17) is 9.47 Å². The van der Waals surface area contributed by atoms with Gasteiger partial charge in [-0.3, -0.25) is 4.79 Å². The summed E-state index contributed by atoms with van der Waals surface area (Å²) < 4.78 is 47.1. The molecular formula is C24H24F3NO3. The smallest absolute Gasteiger partial charge is 0.422 e. The first kappa shape index (κ1) is 22.5. The molecule has 0 radical (unpaired) electrons. The number of carbonyl (C=O) groups is 1. The van der Waals surface area contributed by atoms with Crippen LogP contribution in [0, 0.1) is 0 Å². The van der Waals surface area contributed by atoms with E-state index in [1.54, 1.807) is 24.1 Å². The average Bonchev–Trinajstić information content (AvgIpc) is 2.75. The van der Waals surface area contributed by atoms with E-state index in [2.05, 4.69) is 0 Å². The molecule has 0 aromatic heterocycles. The quantitative estimate of drug-likeness (QED) is 0.481. The molecule has 0 heterocycles. The number of aryl methyl sites for hydroxylation is 1. The Bertz CT molecular complexity index is 1040. The Kier molecular flexibility index (Phi) is 7.05. The Balaban J connectivity index is 1.60. The Morgan fingerprint density at radius 1 is 1.00 bits per heavy atom. The third-order valence-electron chi connectivity index (χ3n) is 4.96. The maximum atomic E-state index is 12.6. The third kappa shape index (κ3) is 6.13. The Hall–Kier alpha value is -3.22. The first-order chi connectivity index (χ1) is 14.8. The molecular weight excluding hydrogens is 407 g/mol. The summed E-state index contributed by atoms with van der Waals surface area (Å²) >= 11 is 0. The number of carbonyl (C=O) groups excluding carboxylic acids is 1. The fourth-order valence-electron chi connectivity index (χ4n) is 3.36. The Labute approximate surface area is 179 Å². The van der Waals surface area contributed by atoms with Crippen molar-refractivity contribution in [3.8, 4) is 11.5 Å². The fraction of sp³-hybridized carbons (Fsp3) is 0.292. The van der Waals surface area contributed by atoms with E-state index in [0.29, 0.717) is 13.0 Å². The van der Waals surface area contributed by atoms with Crippen molar-refractivity contribution in [2.75, 3.05) is 20.8 Å². The van der Waals surface area contributed by atoms with E-state index in [1.165, 1.54) is 13.2 Å². The molecule has 31 heavy (non-hydrogen) atoms. The fourth-order valence-corrected chi connectivity index (χ4v) is 3.36. The van der Waals surface area contributed by atoms with Gasteiger partial charge in [-0.2, -0.15) is 13.2 Å². The zero-order valence-electron chi connectivity index (χ0n) is 17.4. The number of hydrogen-bond donors (Lipinski definition) is 0. The number of ether oxygens (including phenoxy) is 2. The lowest BCUT2D eigenvalue weighted by Gasteiger charge is -2.19. The summed E-state index contributed by atoms with van der Waals surface area (Å²) in [7, 11) is 3.13. The molecule has 0 atom stereocenters. The number of fused-ring (bicyclic) bond motifs is 1. The molecule has 4 nitrogen and oxygen atoms in total. The minimum Gasteiger partial charge on any atom is -0.493 e. The van der Waals surface area contributed by atoms with Gasteiger partial charge in [-0.1, -0.05) is 48.5 Å². The van der Waals surface area contributed by atoms with E-state index in [-0.39, 0.29) is 23.8 Å². The standard InChI is InChI=1S/C24H24F3NO3/c1-28(15-19-8-5-7-18-6-3-4-9-20(18)19)23(29)13-11-17-10-12-21(22(14-17)30-2)31-16-24(25,26)27/h3-10,12,14H,11,13,15-16H2,1-2H3. The Morgan fingerprint density at radius 3 is 2.48 bits per heavy atom. The highest BCUT2D eigenvalue weighted by Crippen LogP contribution is 2.30. The van der Waals surface area contributed by atoms with Crippen LogP contribution in [0.25, 0.3) is 10.8 Å². The minimum absolute atomic E-state index is 0.0166. The zero-order valence-corrected chi connectivity index (χ0v) is 17.4. The van der Waals surface area contributed by atoms with Crippen LogP contribution in [-0.4, -0.2) is 37.7 Å². The van der Waals surface area contributed by atoms with Crippen molar-refractivity contribution in [2.45, 2.75) is 25.6 Å². The Morgan fingerprint density at radius 2 is 1.74 bits per heavy atom. The summed E-state index contributed by atoms with van der Waals surface area (Å²) in [6.45, 7) is -0.895. The van der Waals surface area contributed by atoms with Crippen LogP contribution in [0.3, 0.4) is 0 Å². The van der Waals surface area contributed by atoms with Gasteiger partial charge in [0.05, 0.1) is 7.11 Å². The highest BCUT2D eigenvalue weighted by atomic mass is 19.4. The van der Waals surface area contributed by atoms with Crippen LogP contribution >= 0.6 is 0 Å². The predicted molar refractivity (Wildman–Crippen MR) is 113 cm³/mol. The first-order valence-corrected chi connectivity index (χ1v) is 9.84. The SMILES string of the molecule is COc1cc(CCC(=O)N(C)Cc2cccc3ccccc23)ccc1OCC(F)(F)F. The number of amides is 1. The van der Waals surface area contributed by atoms with Crippen molar-refractivity contribution in [1.29, 1.82) is 0 Å². The van der Waals surface area contributed by atoms with Gasteiger partial charge in [-0.05, 0) is 40.5 Å². The largest absolute Gasteiger partial charge is 0.493 e. The van der Waals surface area contributed by atoms with E-state index in [9.17, 15) is 18.0 Å². The lowest BCUT2D eigenvalue weighted by molar-refractivity contribution is -0.153. The molecule has 0 fully saturated rings. The third-order valence-corrected chi connectivity index (χ3v) is 4.96. The van der Waals surface area contributed by atoms with Gasteiger partial charge in [0.1, 0.15) is 0 Å². The van der Waals surface area contributed by atoms with Gasteiger partial charge in [0.25, 0.3) is 0 Å². The minimum atomic E-state index is -4.43. The van der Waals surface area contributed by atoms with Crippen LogP contribution in [0.1, 0.15) is 17.5 Å². The summed E-state index contributed by atoms with van der Waals surface area (Å²) in [4.78, 5) is 14.3. The van der Waals surface area contributed by atoms with Crippen molar-refractivity contribution in [2.24, 2.45) is 0 Å². The van der Waals surface area contributed by atoms with Gasteiger partial charge < -0.3 is 14.4 Å². The van der Waals surface area contributed by atoms with Gasteiger partial charge in [-0.25, -0.2) is 0 Å². The monoisotopic (exact) mass is 431 g/mol. The topological polar surface area (TPSA) is 38.8 Å². The molecule has 0 unspecified atom stereocenters. The highest BCUT2D eigenvalue weighted by molar-refractivity contribution is 5.86. The predicted octanol–water partition coefficient (Wildman–Crippen LogP) is 5.38. The number of alkyl halides is 3. The van der Waals surface area contributed by atoms with E-state index in [0.717, 1.165) is 21.9 Å². The van der Waals surface area contributed by atoms with Crippen molar-refractivity contribution < 1.29 is 27.4 Å². The van der Waals surface area contributed by atoms with Crippen LogP contribution in [-0.2, 0) is 17.8 Å². The normalized spacial score (nSPS) is 11.4. The van der Waals surface area contributed by atoms with Crippen molar-refractivity contribution in [3.05, 3.63) is 71.8 Å². The molecule has 0 bridgehead atoms. The molecule has 1 amide bonds. The van der Waals surface area contributed by atoms with Gasteiger partial charge in [0.2, 0.25) is 5.91 Å². The molecule has 164 valence electrons. The number of halogens is 3. The maximum absolute atomic E-state index is 12.6. The van der Waals surface area contributed by atoms with Crippen molar-refractivity contribution >= 4 is 16.7 Å². The molecule has 3 aromatic carbocycles. The number of benzene rings is 3. The lowest BCUT2D eigenvalue weighted by Crippen LogP contribution is -2.26. The van der Waals surface area contributed by atoms with Crippen molar-refractivity contribution in [1.82, 2.24) is 4.90 Å². The molecule has 0 aliphatic heterocycles. The van der Waals surface area contributed by atoms with Crippen LogP contribution in [0.4, 0.5) is 13.2 Å². The van der Waals surface area contributed by atoms with E-state index in [1.807, 2.05) is 42.5 Å². The van der Waals surface area contributed by atoms with Gasteiger partial charge in [-0.15, -0.1) is 0 Å². The second-order valence-electron chi connectivity index (χ2n) is 7.28. The van der Waals surface area contributed by atoms with E-state index < -0.39 is 12.8 Å². The van der Waals surface area contributed by atoms with Crippen LogP contribution in [0.2, 0.25) is 0 Å². The summed E-state index contributed by atoms with van der Waals surface area (Å²) in [5, 5.41) is 2.24. The maximum Gasteiger partial charge on any atom is 0.422 e.